The SMILES string of the molecule is C=C/C(=C\C)C(=C)c1ccc[nH]1. The van der Waals surface area contributed by atoms with Gasteiger partial charge in [0.25, 0.3) is 0 Å². The predicted octanol–water partition coefficient (Wildman–Crippen LogP) is 3.16. The van der Waals surface area contributed by atoms with Crippen LogP contribution in [0.5, 0.6) is 0 Å². The maximum absolute atomic E-state index is 3.97. The molecule has 1 rings (SSSR count). The maximum atomic E-state index is 3.97. The highest BCUT2D eigenvalue weighted by molar-refractivity contribution is 5.77. The van der Waals surface area contributed by atoms with E-state index in [9.17, 15) is 0 Å². The maximum Gasteiger partial charge on any atom is 0.0453 e. The van der Waals surface area contributed by atoms with Crippen molar-refractivity contribution < 1.29 is 0 Å². The zero-order chi connectivity index (χ0) is 8.97. The molecule has 1 aromatic heterocycles. The number of hydrogen-bond donors (Lipinski definition) is 1. The number of hydrogen-bond acceptors (Lipinski definition) is 0. The Labute approximate surface area is 73.1 Å². The summed E-state index contributed by atoms with van der Waals surface area (Å²) in [5, 5.41) is 0. The number of nitrogens with one attached hydrogen (secondary N) is 1. The van der Waals surface area contributed by atoms with Crippen LogP contribution in [-0.4, -0.2) is 4.98 Å². The minimum Gasteiger partial charge on any atom is -0.361 e. The number of aromatic amines is 1. The third-order valence-corrected chi connectivity index (χ3v) is 1.80. The van der Waals surface area contributed by atoms with E-state index in [1.807, 2.05) is 37.4 Å². The van der Waals surface area contributed by atoms with Gasteiger partial charge in [0, 0.05) is 11.9 Å². The van der Waals surface area contributed by atoms with Gasteiger partial charge < -0.3 is 4.98 Å². The smallest absolute Gasteiger partial charge is 0.0453 e. The number of rotatable bonds is 3. The fraction of sp³-hybridized carbons (Fsp3) is 0.0909. The third-order valence-electron chi connectivity index (χ3n) is 1.80. The van der Waals surface area contributed by atoms with Gasteiger partial charge in [-0.15, -0.1) is 0 Å². The van der Waals surface area contributed by atoms with Gasteiger partial charge >= 0.3 is 0 Å². The molecule has 0 aliphatic heterocycles. The van der Waals surface area contributed by atoms with Gasteiger partial charge in [0.2, 0.25) is 0 Å². The van der Waals surface area contributed by atoms with Crippen molar-refractivity contribution >= 4 is 5.57 Å². The minimum absolute atomic E-state index is 0.984. The Morgan fingerprint density at radius 3 is 2.75 bits per heavy atom. The molecule has 1 heterocycles. The molecule has 0 radical (unpaired) electrons. The average Bonchev–Trinajstić information content (AvgIpc) is 2.58. The van der Waals surface area contributed by atoms with Crippen LogP contribution in [0.1, 0.15) is 12.6 Å². The molecule has 0 aromatic carbocycles. The predicted molar refractivity (Wildman–Crippen MR) is 53.8 cm³/mol. The van der Waals surface area contributed by atoms with Crippen LogP contribution in [-0.2, 0) is 0 Å². The van der Waals surface area contributed by atoms with E-state index in [2.05, 4.69) is 18.1 Å². The highest BCUT2D eigenvalue weighted by Gasteiger charge is 2.00. The molecule has 0 aliphatic rings. The Kier molecular flexibility index (Phi) is 2.70. The van der Waals surface area contributed by atoms with Gasteiger partial charge in [-0.25, -0.2) is 0 Å². The van der Waals surface area contributed by atoms with E-state index in [0.29, 0.717) is 0 Å². The first-order valence-corrected chi connectivity index (χ1v) is 3.91. The van der Waals surface area contributed by atoms with Crippen LogP contribution in [0.4, 0.5) is 0 Å². The zero-order valence-corrected chi connectivity index (χ0v) is 7.30. The molecule has 0 unspecified atom stereocenters. The van der Waals surface area contributed by atoms with Gasteiger partial charge in [-0.3, -0.25) is 0 Å². The van der Waals surface area contributed by atoms with Crippen molar-refractivity contribution in [1.29, 1.82) is 0 Å². The summed E-state index contributed by atoms with van der Waals surface area (Å²) in [6.45, 7) is 9.67. The van der Waals surface area contributed by atoms with E-state index in [4.69, 9.17) is 0 Å². The number of aromatic nitrogens is 1. The minimum atomic E-state index is 0.984. The second kappa shape index (κ2) is 3.77. The van der Waals surface area contributed by atoms with Crippen molar-refractivity contribution in [3.05, 3.63) is 54.9 Å². The van der Waals surface area contributed by atoms with Gasteiger partial charge in [0.15, 0.2) is 0 Å². The fourth-order valence-electron chi connectivity index (χ4n) is 1.09. The third kappa shape index (κ3) is 1.56. The van der Waals surface area contributed by atoms with Crippen molar-refractivity contribution in [2.75, 3.05) is 0 Å². The first-order valence-electron chi connectivity index (χ1n) is 3.91. The molecule has 1 nitrogen and oxygen atoms in total. The summed E-state index contributed by atoms with van der Waals surface area (Å²) in [5.74, 6) is 0. The summed E-state index contributed by atoms with van der Waals surface area (Å²) >= 11 is 0. The molecule has 1 N–H and O–H groups in total. The quantitative estimate of drug-likeness (QED) is 0.652. The molecule has 12 heavy (non-hydrogen) atoms. The van der Waals surface area contributed by atoms with E-state index >= 15 is 0 Å². The molecule has 0 fully saturated rings. The average molecular weight is 159 g/mol. The highest BCUT2D eigenvalue weighted by atomic mass is 14.7. The second-order valence-corrected chi connectivity index (χ2v) is 2.51. The van der Waals surface area contributed by atoms with Crippen LogP contribution >= 0.6 is 0 Å². The summed E-state index contributed by atoms with van der Waals surface area (Å²) in [5.41, 5.74) is 3.10. The molecule has 0 atom stereocenters. The molecular formula is C11H13N. The summed E-state index contributed by atoms with van der Waals surface area (Å²) in [6.07, 6.45) is 5.69. The Morgan fingerprint density at radius 2 is 2.33 bits per heavy atom. The Bertz CT molecular complexity index is 302. The molecule has 0 amide bonds. The van der Waals surface area contributed by atoms with Crippen LogP contribution in [0.15, 0.2) is 49.2 Å². The summed E-state index contributed by atoms with van der Waals surface area (Å²) in [4.78, 5) is 3.10. The van der Waals surface area contributed by atoms with Gasteiger partial charge in [0.1, 0.15) is 0 Å². The molecule has 0 saturated carbocycles. The topological polar surface area (TPSA) is 15.8 Å². The van der Waals surface area contributed by atoms with Gasteiger partial charge in [0.05, 0.1) is 0 Å². The van der Waals surface area contributed by atoms with Crippen LogP contribution in [0.3, 0.4) is 0 Å². The first kappa shape index (κ1) is 8.60. The number of H-pyrrole nitrogens is 1. The molecular weight excluding hydrogens is 146 g/mol. The fourth-order valence-corrected chi connectivity index (χ4v) is 1.09. The molecule has 1 heteroatoms. The van der Waals surface area contributed by atoms with E-state index in [1.165, 1.54) is 0 Å². The van der Waals surface area contributed by atoms with Gasteiger partial charge in [-0.1, -0.05) is 25.3 Å². The first-order chi connectivity index (χ1) is 5.79. The molecule has 62 valence electrons. The van der Waals surface area contributed by atoms with Crippen LogP contribution in [0.25, 0.3) is 5.57 Å². The van der Waals surface area contributed by atoms with Gasteiger partial charge in [-0.05, 0) is 30.2 Å². The highest BCUT2D eigenvalue weighted by Crippen LogP contribution is 2.19. The lowest BCUT2D eigenvalue weighted by Gasteiger charge is -2.02. The normalized spacial score (nSPS) is 11.2. The van der Waals surface area contributed by atoms with E-state index in [1.54, 1.807) is 0 Å². The zero-order valence-electron chi connectivity index (χ0n) is 7.30. The van der Waals surface area contributed by atoms with Crippen molar-refractivity contribution in [2.45, 2.75) is 6.92 Å². The van der Waals surface area contributed by atoms with Crippen molar-refractivity contribution in [2.24, 2.45) is 0 Å². The van der Waals surface area contributed by atoms with Crippen molar-refractivity contribution in [3.63, 3.8) is 0 Å². The monoisotopic (exact) mass is 159 g/mol. The Balaban J connectivity index is 2.93. The second-order valence-electron chi connectivity index (χ2n) is 2.51. The summed E-state index contributed by atoms with van der Waals surface area (Å²) in [7, 11) is 0. The molecule has 0 saturated heterocycles. The Morgan fingerprint density at radius 1 is 1.58 bits per heavy atom. The van der Waals surface area contributed by atoms with Crippen LogP contribution < -0.4 is 0 Å². The molecule has 0 bridgehead atoms. The lowest BCUT2D eigenvalue weighted by molar-refractivity contribution is 1.35. The molecule has 0 aliphatic carbocycles. The van der Waals surface area contributed by atoms with Crippen LogP contribution in [0.2, 0.25) is 0 Å². The van der Waals surface area contributed by atoms with Gasteiger partial charge in [-0.2, -0.15) is 0 Å². The summed E-state index contributed by atoms with van der Waals surface area (Å²) < 4.78 is 0. The summed E-state index contributed by atoms with van der Waals surface area (Å²) in [6, 6.07) is 3.95. The van der Waals surface area contributed by atoms with E-state index in [0.717, 1.165) is 16.8 Å². The van der Waals surface area contributed by atoms with E-state index < -0.39 is 0 Å². The van der Waals surface area contributed by atoms with Crippen molar-refractivity contribution in [3.8, 4) is 0 Å². The van der Waals surface area contributed by atoms with Crippen LogP contribution in [0, 0.1) is 0 Å². The standard InChI is InChI=1S/C11H13N/c1-4-10(5-2)9(3)11-7-6-8-12-11/h4-8,12H,1,3H2,2H3/b10-5+. The Hall–Kier alpha value is -1.50. The number of allylic oxidation sites excluding steroid dienone is 4. The largest absolute Gasteiger partial charge is 0.361 e. The molecule has 1 aromatic rings. The van der Waals surface area contributed by atoms with E-state index in [-0.39, 0.29) is 0 Å². The van der Waals surface area contributed by atoms with Crippen molar-refractivity contribution in [1.82, 2.24) is 4.98 Å². The molecule has 0 spiro atoms. The lowest BCUT2D eigenvalue weighted by atomic mass is 10.1. The lowest BCUT2D eigenvalue weighted by Crippen LogP contribution is -1.84.